The summed E-state index contributed by atoms with van der Waals surface area (Å²) in [6, 6.07) is 16.4. The summed E-state index contributed by atoms with van der Waals surface area (Å²) in [4.78, 5) is 16.7. The summed E-state index contributed by atoms with van der Waals surface area (Å²) in [7, 11) is 0. The molecule has 2 aromatic carbocycles. The molecule has 0 atom stereocenters. The van der Waals surface area contributed by atoms with Crippen LogP contribution in [0.3, 0.4) is 0 Å². The number of nitrogens with zero attached hydrogens (tertiary/aromatic N) is 1. The van der Waals surface area contributed by atoms with Gasteiger partial charge < -0.3 is 10.6 Å². The lowest BCUT2D eigenvalue weighted by atomic mass is 10.2. The summed E-state index contributed by atoms with van der Waals surface area (Å²) in [6.45, 7) is 1.94. The van der Waals surface area contributed by atoms with Crippen molar-refractivity contribution in [2.75, 3.05) is 10.6 Å². The molecule has 1 heterocycles. The van der Waals surface area contributed by atoms with Gasteiger partial charge in [-0.3, -0.25) is 4.79 Å². The number of carbonyl (C=O) groups is 1. The van der Waals surface area contributed by atoms with Crippen molar-refractivity contribution in [2.24, 2.45) is 0 Å². The lowest BCUT2D eigenvalue weighted by Gasteiger charge is -2.10. The van der Waals surface area contributed by atoms with Crippen LogP contribution in [-0.2, 0) is 0 Å². The van der Waals surface area contributed by atoms with Crippen molar-refractivity contribution >= 4 is 34.7 Å². The topological polar surface area (TPSA) is 54.0 Å². The molecule has 3 aromatic rings. The van der Waals surface area contributed by atoms with Crippen LogP contribution in [-0.4, -0.2) is 10.9 Å². The van der Waals surface area contributed by atoms with Crippen molar-refractivity contribution < 1.29 is 9.18 Å². The molecule has 2 N–H and O–H groups in total. The maximum atomic E-state index is 13.3. The Morgan fingerprint density at radius 1 is 1.04 bits per heavy atom. The summed E-state index contributed by atoms with van der Waals surface area (Å²) in [5.41, 5.74) is 2.38. The Morgan fingerprint density at radius 3 is 2.56 bits per heavy atom. The third-order valence-electron chi connectivity index (χ3n) is 3.40. The van der Waals surface area contributed by atoms with E-state index >= 15 is 0 Å². The fourth-order valence-electron chi connectivity index (χ4n) is 2.31. The predicted octanol–water partition coefficient (Wildman–Crippen LogP) is 5.18. The zero-order chi connectivity index (χ0) is 17.8. The molecule has 0 radical (unpaired) electrons. The second-order valence-corrected chi connectivity index (χ2v) is 5.95. The first kappa shape index (κ1) is 16.9. The molecule has 0 fully saturated rings. The maximum Gasteiger partial charge on any atom is 0.274 e. The monoisotopic (exact) mass is 355 g/mol. The van der Waals surface area contributed by atoms with Crippen molar-refractivity contribution in [1.82, 2.24) is 4.98 Å². The zero-order valence-electron chi connectivity index (χ0n) is 13.4. The summed E-state index contributed by atoms with van der Waals surface area (Å²) in [5, 5.41) is 6.07. The largest absolute Gasteiger partial charge is 0.340 e. The third kappa shape index (κ3) is 4.55. The Kier molecular flexibility index (Phi) is 4.95. The van der Waals surface area contributed by atoms with E-state index in [9.17, 15) is 9.18 Å². The van der Waals surface area contributed by atoms with Crippen LogP contribution >= 0.6 is 11.6 Å². The summed E-state index contributed by atoms with van der Waals surface area (Å²) >= 11 is 6.09. The van der Waals surface area contributed by atoms with E-state index in [-0.39, 0.29) is 17.4 Å². The predicted molar refractivity (Wildman–Crippen MR) is 98.1 cm³/mol. The fourth-order valence-corrected chi connectivity index (χ4v) is 2.52. The van der Waals surface area contributed by atoms with Crippen LogP contribution in [0, 0.1) is 12.7 Å². The molecular weight excluding hydrogens is 341 g/mol. The minimum atomic E-state index is -0.379. The number of amides is 1. The number of nitrogens with one attached hydrogen (secondary N) is 2. The van der Waals surface area contributed by atoms with Gasteiger partial charge in [0.25, 0.3) is 5.91 Å². The van der Waals surface area contributed by atoms with Crippen LogP contribution in [0.5, 0.6) is 0 Å². The van der Waals surface area contributed by atoms with E-state index in [1.807, 2.05) is 25.1 Å². The molecule has 1 aromatic heterocycles. The summed E-state index contributed by atoms with van der Waals surface area (Å²) in [5.74, 6) is -0.396. The van der Waals surface area contributed by atoms with Crippen molar-refractivity contribution in [3.8, 4) is 0 Å². The van der Waals surface area contributed by atoms with E-state index in [2.05, 4.69) is 15.6 Å². The Labute approximate surface area is 149 Å². The van der Waals surface area contributed by atoms with Gasteiger partial charge in [0.15, 0.2) is 0 Å². The highest BCUT2D eigenvalue weighted by Crippen LogP contribution is 2.21. The van der Waals surface area contributed by atoms with Crippen molar-refractivity contribution in [2.45, 2.75) is 6.92 Å². The van der Waals surface area contributed by atoms with Crippen molar-refractivity contribution in [1.29, 1.82) is 0 Å². The van der Waals surface area contributed by atoms with E-state index in [0.29, 0.717) is 22.2 Å². The lowest BCUT2D eigenvalue weighted by molar-refractivity contribution is 0.102. The van der Waals surface area contributed by atoms with Crippen LogP contribution in [0.1, 0.15) is 16.1 Å². The number of anilines is 3. The van der Waals surface area contributed by atoms with Gasteiger partial charge in [0.1, 0.15) is 17.3 Å². The number of hydrogen-bond donors (Lipinski definition) is 2. The summed E-state index contributed by atoms with van der Waals surface area (Å²) in [6.07, 6.45) is 0. The van der Waals surface area contributed by atoms with Gasteiger partial charge in [-0.25, -0.2) is 9.37 Å². The molecular formula is C19H15ClFN3O. The molecule has 0 aliphatic rings. The van der Waals surface area contributed by atoms with E-state index in [1.54, 1.807) is 24.3 Å². The second kappa shape index (κ2) is 7.32. The molecule has 0 spiro atoms. The summed E-state index contributed by atoms with van der Waals surface area (Å²) < 4.78 is 13.3. The highest BCUT2D eigenvalue weighted by Gasteiger charge is 2.11. The molecule has 3 rings (SSSR count). The van der Waals surface area contributed by atoms with Gasteiger partial charge in [0.2, 0.25) is 0 Å². The SMILES string of the molecule is Cc1cccc(NC(=O)c2cc(Cl)cc(Nc3cccc(F)c3)n2)c1. The van der Waals surface area contributed by atoms with E-state index in [4.69, 9.17) is 11.6 Å². The van der Waals surface area contributed by atoms with E-state index in [1.165, 1.54) is 18.2 Å². The van der Waals surface area contributed by atoms with Gasteiger partial charge in [-0.1, -0.05) is 29.8 Å². The Bertz CT molecular complexity index is 930. The van der Waals surface area contributed by atoms with Crippen LogP contribution in [0.25, 0.3) is 0 Å². The number of carbonyl (C=O) groups excluding carboxylic acids is 1. The minimum Gasteiger partial charge on any atom is -0.340 e. The van der Waals surface area contributed by atoms with E-state index in [0.717, 1.165) is 5.56 Å². The van der Waals surface area contributed by atoms with Crippen molar-refractivity contribution in [3.05, 3.63) is 82.8 Å². The number of benzene rings is 2. The first-order valence-corrected chi connectivity index (χ1v) is 7.95. The van der Waals surface area contributed by atoms with Crippen LogP contribution in [0.15, 0.2) is 60.7 Å². The van der Waals surface area contributed by atoms with E-state index < -0.39 is 0 Å². The van der Waals surface area contributed by atoms with Gasteiger partial charge in [-0.2, -0.15) is 0 Å². The lowest BCUT2D eigenvalue weighted by Crippen LogP contribution is -2.14. The number of pyridine rings is 1. The quantitative estimate of drug-likeness (QED) is 0.678. The van der Waals surface area contributed by atoms with Crippen LogP contribution < -0.4 is 10.6 Å². The maximum absolute atomic E-state index is 13.3. The van der Waals surface area contributed by atoms with Gasteiger partial charge >= 0.3 is 0 Å². The molecule has 0 unspecified atom stereocenters. The number of halogens is 2. The molecule has 0 aliphatic heterocycles. The Morgan fingerprint density at radius 2 is 1.80 bits per heavy atom. The van der Waals surface area contributed by atoms with Gasteiger partial charge in [-0.05, 0) is 55.0 Å². The number of aromatic nitrogens is 1. The number of hydrogen-bond acceptors (Lipinski definition) is 3. The number of rotatable bonds is 4. The first-order chi connectivity index (χ1) is 12.0. The van der Waals surface area contributed by atoms with Gasteiger partial charge in [0.05, 0.1) is 0 Å². The van der Waals surface area contributed by atoms with Crippen LogP contribution in [0.4, 0.5) is 21.6 Å². The molecule has 0 saturated heterocycles. The van der Waals surface area contributed by atoms with Gasteiger partial charge in [0, 0.05) is 16.4 Å². The Hall–Kier alpha value is -2.92. The smallest absolute Gasteiger partial charge is 0.274 e. The highest BCUT2D eigenvalue weighted by molar-refractivity contribution is 6.31. The third-order valence-corrected chi connectivity index (χ3v) is 3.61. The zero-order valence-corrected chi connectivity index (χ0v) is 14.1. The standard InChI is InChI=1S/C19H15ClFN3O/c1-12-4-2-6-15(8-12)23-19(25)17-9-13(20)10-18(24-17)22-16-7-3-5-14(21)11-16/h2-11H,1H3,(H,22,24)(H,23,25). The minimum absolute atomic E-state index is 0.160. The average Bonchev–Trinajstić information content (AvgIpc) is 2.54. The van der Waals surface area contributed by atoms with Crippen LogP contribution in [0.2, 0.25) is 5.02 Å². The molecule has 4 nitrogen and oxygen atoms in total. The van der Waals surface area contributed by atoms with Gasteiger partial charge in [-0.15, -0.1) is 0 Å². The molecule has 6 heteroatoms. The molecule has 1 amide bonds. The molecule has 0 aliphatic carbocycles. The molecule has 0 saturated carbocycles. The normalized spacial score (nSPS) is 10.4. The molecule has 25 heavy (non-hydrogen) atoms. The first-order valence-electron chi connectivity index (χ1n) is 7.58. The second-order valence-electron chi connectivity index (χ2n) is 5.51. The number of aryl methyl sites for hydroxylation is 1. The average molecular weight is 356 g/mol. The molecule has 0 bridgehead atoms. The highest BCUT2D eigenvalue weighted by atomic mass is 35.5. The van der Waals surface area contributed by atoms with Crippen molar-refractivity contribution in [3.63, 3.8) is 0 Å². The molecule has 126 valence electrons. The fraction of sp³-hybridized carbons (Fsp3) is 0.0526. The Balaban J connectivity index is 1.82.